The van der Waals surface area contributed by atoms with Crippen LogP contribution in [0.3, 0.4) is 0 Å². The molecule has 0 spiro atoms. The van der Waals surface area contributed by atoms with Crippen LogP contribution in [0.25, 0.3) is 0 Å². The first-order chi connectivity index (χ1) is 7.84. The largest absolute Gasteiger partial charge is 0.453 e. The molecule has 0 saturated carbocycles. The van der Waals surface area contributed by atoms with Crippen LogP contribution >= 0.6 is 0 Å². The molecule has 1 aromatic heterocycles. The van der Waals surface area contributed by atoms with Gasteiger partial charge in [0.1, 0.15) is 0 Å². The van der Waals surface area contributed by atoms with Crippen molar-refractivity contribution in [3.05, 3.63) is 48.3 Å². The molecular weight excluding hydrogens is 204 g/mol. The summed E-state index contributed by atoms with van der Waals surface area (Å²) in [5, 5.41) is 2.79. The Morgan fingerprint density at radius 1 is 1.12 bits per heavy atom. The second-order valence-corrected chi connectivity index (χ2v) is 3.42. The van der Waals surface area contributed by atoms with Gasteiger partial charge >= 0.3 is 0 Å². The predicted molar refractivity (Wildman–Crippen MR) is 58.7 cm³/mol. The fourth-order valence-corrected chi connectivity index (χ4v) is 1.62. The summed E-state index contributed by atoms with van der Waals surface area (Å²) < 4.78 is 5.63. The average molecular weight is 212 g/mol. The van der Waals surface area contributed by atoms with Gasteiger partial charge in [-0.3, -0.25) is 9.78 Å². The van der Waals surface area contributed by atoms with Gasteiger partial charge in [-0.1, -0.05) is 12.1 Å². The molecule has 1 aliphatic rings. The molecule has 0 saturated heterocycles. The molecular formula is C12H8N2O2. The summed E-state index contributed by atoms with van der Waals surface area (Å²) in [4.78, 5) is 15.8. The number of hydrogen-bond donors (Lipinski definition) is 1. The maximum absolute atomic E-state index is 11.8. The Labute approximate surface area is 91.9 Å². The minimum Gasteiger partial charge on any atom is -0.453 e. The van der Waals surface area contributed by atoms with Crippen molar-refractivity contribution >= 4 is 11.6 Å². The summed E-state index contributed by atoms with van der Waals surface area (Å²) >= 11 is 0. The average Bonchev–Trinajstić information content (AvgIpc) is 2.45. The van der Waals surface area contributed by atoms with Crippen molar-refractivity contribution in [2.24, 2.45) is 0 Å². The summed E-state index contributed by atoms with van der Waals surface area (Å²) in [6.45, 7) is 0. The topological polar surface area (TPSA) is 51.2 Å². The zero-order chi connectivity index (χ0) is 11.0. The van der Waals surface area contributed by atoms with E-state index in [0.717, 1.165) is 0 Å². The van der Waals surface area contributed by atoms with Crippen molar-refractivity contribution < 1.29 is 9.53 Å². The highest BCUT2D eigenvalue weighted by Gasteiger charge is 2.19. The maximum Gasteiger partial charge on any atom is 0.259 e. The number of rotatable bonds is 0. The summed E-state index contributed by atoms with van der Waals surface area (Å²) in [6, 6.07) is 8.93. The number of anilines is 1. The van der Waals surface area contributed by atoms with Crippen molar-refractivity contribution in [3.63, 3.8) is 0 Å². The summed E-state index contributed by atoms with van der Waals surface area (Å²) in [5.41, 5.74) is 1.16. The van der Waals surface area contributed by atoms with Crippen LogP contribution in [-0.2, 0) is 0 Å². The van der Waals surface area contributed by atoms with Crippen molar-refractivity contribution in [3.8, 4) is 11.5 Å². The lowest BCUT2D eigenvalue weighted by atomic mass is 10.2. The van der Waals surface area contributed by atoms with E-state index in [-0.39, 0.29) is 5.91 Å². The summed E-state index contributed by atoms with van der Waals surface area (Å²) in [5.74, 6) is 0.926. The molecule has 16 heavy (non-hydrogen) atoms. The number of aromatic nitrogens is 1. The highest BCUT2D eigenvalue weighted by molar-refractivity contribution is 6.07. The van der Waals surface area contributed by atoms with E-state index in [4.69, 9.17) is 4.74 Å². The third kappa shape index (κ3) is 1.32. The van der Waals surface area contributed by atoms with E-state index in [9.17, 15) is 4.79 Å². The second-order valence-electron chi connectivity index (χ2n) is 3.42. The van der Waals surface area contributed by atoms with Gasteiger partial charge in [-0.2, -0.15) is 0 Å². The standard InChI is InChI=1S/C12H8N2O2/c15-12-8-5-6-13-7-11(8)16-10-4-2-1-3-9(10)14-12/h1-7H,(H,14,15). The number of nitrogens with one attached hydrogen (secondary N) is 1. The Bertz CT molecular complexity index is 566. The lowest BCUT2D eigenvalue weighted by Gasteiger charge is -2.05. The Morgan fingerprint density at radius 2 is 2.00 bits per heavy atom. The molecule has 78 valence electrons. The Morgan fingerprint density at radius 3 is 2.94 bits per heavy atom. The predicted octanol–water partition coefficient (Wildman–Crippen LogP) is 2.44. The fourth-order valence-electron chi connectivity index (χ4n) is 1.62. The van der Waals surface area contributed by atoms with Crippen LogP contribution in [0.1, 0.15) is 10.4 Å². The number of para-hydroxylation sites is 2. The van der Waals surface area contributed by atoms with E-state index >= 15 is 0 Å². The van der Waals surface area contributed by atoms with Gasteiger partial charge in [0.05, 0.1) is 17.4 Å². The van der Waals surface area contributed by atoms with Crippen LogP contribution < -0.4 is 10.1 Å². The molecule has 1 aromatic carbocycles. The molecule has 0 fully saturated rings. The molecule has 0 atom stereocenters. The number of carbonyl (C=O) groups is 1. The molecule has 1 amide bonds. The Kier molecular flexibility index (Phi) is 1.86. The van der Waals surface area contributed by atoms with Gasteiger partial charge < -0.3 is 10.1 Å². The third-order valence-corrected chi connectivity index (χ3v) is 2.38. The number of pyridine rings is 1. The van der Waals surface area contributed by atoms with E-state index < -0.39 is 0 Å². The van der Waals surface area contributed by atoms with E-state index in [2.05, 4.69) is 10.3 Å². The van der Waals surface area contributed by atoms with Gasteiger partial charge in [0.2, 0.25) is 0 Å². The molecule has 0 radical (unpaired) electrons. The molecule has 0 bridgehead atoms. The molecule has 2 heterocycles. The third-order valence-electron chi connectivity index (χ3n) is 2.38. The van der Waals surface area contributed by atoms with Crippen LogP contribution in [0, 0.1) is 0 Å². The molecule has 0 aliphatic carbocycles. The molecule has 1 aliphatic heterocycles. The molecule has 3 rings (SSSR count). The molecule has 1 N–H and O–H groups in total. The second kappa shape index (κ2) is 3.34. The highest BCUT2D eigenvalue weighted by Crippen LogP contribution is 2.34. The van der Waals surface area contributed by atoms with Crippen molar-refractivity contribution in [2.45, 2.75) is 0 Å². The number of carbonyl (C=O) groups excluding carboxylic acids is 1. The quantitative estimate of drug-likeness (QED) is 0.729. The van der Waals surface area contributed by atoms with E-state index in [0.29, 0.717) is 22.7 Å². The number of benzene rings is 1. The van der Waals surface area contributed by atoms with Crippen LogP contribution in [0.15, 0.2) is 42.7 Å². The number of hydrogen-bond acceptors (Lipinski definition) is 3. The van der Waals surface area contributed by atoms with E-state index in [1.807, 2.05) is 12.1 Å². The smallest absolute Gasteiger partial charge is 0.259 e. The van der Waals surface area contributed by atoms with Crippen LogP contribution in [0.2, 0.25) is 0 Å². The summed E-state index contributed by atoms with van der Waals surface area (Å²) in [7, 11) is 0. The lowest BCUT2D eigenvalue weighted by Crippen LogP contribution is -2.10. The highest BCUT2D eigenvalue weighted by atomic mass is 16.5. The minimum absolute atomic E-state index is 0.178. The number of ether oxygens (including phenoxy) is 1. The van der Waals surface area contributed by atoms with Gasteiger partial charge in [-0.25, -0.2) is 0 Å². The number of nitrogens with zero attached hydrogens (tertiary/aromatic N) is 1. The van der Waals surface area contributed by atoms with Crippen molar-refractivity contribution in [1.29, 1.82) is 0 Å². The van der Waals surface area contributed by atoms with E-state index in [1.54, 1.807) is 24.4 Å². The maximum atomic E-state index is 11.8. The Balaban J connectivity index is 2.18. The zero-order valence-corrected chi connectivity index (χ0v) is 8.31. The SMILES string of the molecule is O=C1Nc2ccccc2Oc2cnccc21. The zero-order valence-electron chi connectivity index (χ0n) is 8.31. The van der Waals surface area contributed by atoms with Crippen molar-refractivity contribution in [2.75, 3.05) is 5.32 Å². The van der Waals surface area contributed by atoms with E-state index in [1.165, 1.54) is 6.20 Å². The number of amides is 1. The molecule has 4 nitrogen and oxygen atoms in total. The van der Waals surface area contributed by atoms with Gasteiger partial charge in [-0.15, -0.1) is 0 Å². The first-order valence-electron chi connectivity index (χ1n) is 4.87. The monoisotopic (exact) mass is 212 g/mol. The van der Waals surface area contributed by atoms with Gasteiger partial charge in [0.15, 0.2) is 11.5 Å². The number of fused-ring (bicyclic) bond motifs is 2. The van der Waals surface area contributed by atoms with Gasteiger partial charge in [0.25, 0.3) is 5.91 Å². The normalized spacial score (nSPS) is 12.9. The van der Waals surface area contributed by atoms with Crippen LogP contribution in [0.4, 0.5) is 5.69 Å². The van der Waals surface area contributed by atoms with Gasteiger partial charge in [-0.05, 0) is 18.2 Å². The first-order valence-corrected chi connectivity index (χ1v) is 4.87. The molecule has 2 aromatic rings. The Hall–Kier alpha value is -2.36. The van der Waals surface area contributed by atoms with Crippen LogP contribution in [0.5, 0.6) is 11.5 Å². The van der Waals surface area contributed by atoms with Gasteiger partial charge in [0, 0.05) is 6.20 Å². The van der Waals surface area contributed by atoms with Crippen LogP contribution in [-0.4, -0.2) is 10.9 Å². The molecule has 4 heteroatoms. The molecule has 0 unspecified atom stereocenters. The fraction of sp³-hybridized carbons (Fsp3) is 0. The summed E-state index contributed by atoms with van der Waals surface area (Å²) in [6.07, 6.45) is 3.11. The first kappa shape index (κ1) is 8.91. The van der Waals surface area contributed by atoms with Crippen molar-refractivity contribution in [1.82, 2.24) is 4.98 Å². The lowest BCUT2D eigenvalue weighted by molar-refractivity contribution is 0.102. The minimum atomic E-state index is -0.178.